The molecule has 0 saturated carbocycles. The zero-order chi connectivity index (χ0) is 20.0. The number of ether oxygens (including phenoxy) is 1. The standard InChI is InChI=1S/C21H33N3O3/c1-15(2)18(23-19(25)17-8-6-16(3)7-9-17)20(26)22-14-21(4,5)24-10-12-27-13-11-24/h6-9,15,18H,10-14H2,1-5H3,(H,22,26)(H,23,25). The number of nitrogens with one attached hydrogen (secondary N) is 2. The molecule has 150 valence electrons. The molecular weight excluding hydrogens is 342 g/mol. The van der Waals surface area contributed by atoms with Crippen molar-refractivity contribution in [2.45, 2.75) is 46.2 Å². The van der Waals surface area contributed by atoms with Crippen LogP contribution in [0.1, 0.15) is 43.6 Å². The predicted molar refractivity (Wildman–Crippen MR) is 107 cm³/mol. The number of benzene rings is 1. The van der Waals surface area contributed by atoms with Gasteiger partial charge in [-0.2, -0.15) is 0 Å². The Morgan fingerprint density at radius 1 is 1.15 bits per heavy atom. The van der Waals surface area contributed by atoms with Gasteiger partial charge in [0.25, 0.3) is 5.91 Å². The smallest absolute Gasteiger partial charge is 0.251 e. The second-order valence-electron chi connectivity index (χ2n) is 8.19. The lowest BCUT2D eigenvalue weighted by Gasteiger charge is -2.41. The molecule has 0 aromatic heterocycles. The van der Waals surface area contributed by atoms with Crippen molar-refractivity contribution >= 4 is 11.8 Å². The highest BCUT2D eigenvalue weighted by molar-refractivity contribution is 5.97. The second-order valence-corrected chi connectivity index (χ2v) is 8.19. The average Bonchev–Trinajstić information content (AvgIpc) is 2.65. The minimum absolute atomic E-state index is 0.00843. The zero-order valence-electron chi connectivity index (χ0n) is 17.2. The highest BCUT2D eigenvalue weighted by Gasteiger charge is 2.31. The number of morpholine rings is 1. The quantitative estimate of drug-likeness (QED) is 0.764. The summed E-state index contributed by atoms with van der Waals surface area (Å²) in [7, 11) is 0. The SMILES string of the molecule is Cc1ccc(C(=O)NC(C(=O)NCC(C)(C)N2CCOCC2)C(C)C)cc1. The molecule has 1 aliphatic rings. The predicted octanol–water partition coefficient (Wildman–Crippen LogP) is 1.98. The minimum atomic E-state index is -0.570. The Morgan fingerprint density at radius 2 is 1.74 bits per heavy atom. The fourth-order valence-electron chi connectivity index (χ4n) is 3.16. The topological polar surface area (TPSA) is 70.7 Å². The number of hydrogen-bond acceptors (Lipinski definition) is 4. The summed E-state index contributed by atoms with van der Waals surface area (Å²) < 4.78 is 5.41. The van der Waals surface area contributed by atoms with Crippen LogP contribution in [0.25, 0.3) is 0 Å². The molecule has 6 heteroatoms. The van der Waals surface area contributed by atoms with E-state index >= 15 is 0 Å². The normalized spacial score (nSPS) is 16.8. The maximum atomic E-state index is 12.8. The van der Waals surface area contributed by atoms with Crippen molar-refractivity contribution in [3.8, 4) is 0 Å². The maximum Gasteiger partial charge on any atom is 0.251 e. The van der Waals surface area contributed by atoms with Gasteiger partial charge in [0.2, 0.25) is 5.91 Å². The molecule has 1 atom stereocenters. The summed E-state index contributed by atoms with van der Waals surface area (Å²) in [4.78, 5) is 27.6. The van der Waals surface area contributed by atoms with Crippen LogP contribution in [0.3, 0.4) is 0 Å². The molecule has 2 amide bonds. The molecule has 2 N–H and O–H groups in total. The van der Waals surface area contributed by atoms with Gasteiger partial charge in [-0.25, -0.2) is 0 Å². The zero-order valence-corrected chi connectivity index (χ0v) is 17.2. The molecule has 6 nitrogen and oxygen atoms in total. The van der Waals surface area contributed by atoms with Crippen LogP contribution in [-0.4, -0.2) is 61.1 Å². The van der Waals surface area contributed by atoms with Gasteiger partial charge < -0.3 is 15.4 Å². The molecule has 0 bridgehead atoms. The van der Waals surface area contributed by atoms with Gasteiger partial charge >= 0.3 is 0 Å². The number of amides is 2. The average molecular weight is 376 g/mol. The Hall–Kier alpha value is -1.92. The van der Waals surface area contributed by atoms with E-state index in [0.29, 0.717) is 12.1 Å². The fourth-order valence-corrected chi connectivity index (χ4v) is 3.16. The van der Waals surface area contributed by atoms with E-state index in [1.165, 1.54) is 0 Å². The number of rotatable bonds is 7. The third kappa shape index (κ3) is 6.04. The van der Waals surface area contributed by atoms with E-state index in [-0.39, 0.29) is 23.3 Å². The van der Waals surface area contributed by atoms with Gasteiger partial charge in [0.15, 0.2) is 0 Å². The molecule has 27 heavy (non-hydrogen) atoms. The summed E-state index contributed by atoms with van der Waals surface area (Å²) in [6, 6.07) is 6.77. The van der Waals surface area contributed by atoms with E-state index in [4.69, 9.17) is 4.74 Å². The number of hydrogen-bond donors (Lipinski definition) is 2. The number of nitrogens with zero attached hydrogens (tertiary/aromatic N) is 1. The molecule has 0 radical (unpaired) electrons. The number of aryl methyl sites for hydroxylation is 1. The summed E-state index contributed by atoms with van der Waals surface area (Å²) in [6.07, 6.45) is 0. The lowest BCUT2D eigenvalue weighted by atomic mass is 9.99. The first-order chi connectivity index (χ1) is 12.7. The molecule has 1 unspecified atom stereocenters. The van der Waals surface area contributed by atoms with E-state index in [1.54, 1.807) is 12.1 Å². The summed E-state index contributed by atoms with van der Waals surface area (Å²) in [6.45, 7) is 13.8. The lowest BCUT2D eigenvalue weighted by molar-refractivity contribution is -0.124. The van der Waals surface area contributed by atoms with Crippen molar-refractivity contribution in [3.63, 3.8) is 0 Å². The van der Waals surface area contributed by atoms with Gasteiger partial charge in [0, 0.05) is 30.7 Å². The molecule has 1 aliphatic heterocycles. The van der Waals surface area contributed by atoms with E-state index < -0.39 is 6.04 Å². The summed E-state index contributed by atoms with van der Waals surface area (Å²) in [5.74, 6) is -0.381. The van der Waals surface area contributed by atoms with Gasteiger partial charge in [-0.3, -0.25) is 14.5 Å². The maximum absolute atomic E-state index is 12.8. The number of carbonyl (C=O) groups is 2. The first kappa shape index (κ1) is 21.4. The Morgan fingerprint density at radius 3 is 2.30 bits per heavy atom. The lowest BCUT2D eigenvalue weighted by Crippen LogP contribution is -2.58. The monoisotopic (exact) mass is 375 g/mol. The number of carbonyl (C=O) groups excluding carboxylic acids is 2. The van der Waals surface area contributed by atoms with Crippen LogP contribution in [0.15, 0.2) is 24.3 Å². The summed E-state index contributed by atoms with van der Waals surface area (Å²) >= 11 is 0. The molecule has 2 rings (SSSR count). The molecule has 1 fully saturated rings. The van der Waals surface area contributed by atoms with Crippen molar-refractivity contribution in [3.05, 3.63) is 35.4 Å². The first-order valence-electron chi connectivity index (χ1n) is 9.69. The van der Waals surface area contributed by atoms with E-state index in [9.17, 15) is 9.59 Å². The van der Waals surface area contributed by atoms with Gasteiger partial charge in [-0.05, 0) is 38.8 Å². The van der Waals surface area contributed by atoms with Crippen molar-refractivity contribution in [2.24, 2.45) is 5.92 Å². The van der Waals surface area contributed by atoms with Crippen molar-refractivity contribution in [2.75, 3.05) is 32.8 Å². The summed E-state index contributed by atoms with van der Waals surface area (Å²) in [5, 5.41) is 5.91. The fraction of sp³-hybridized carbons (Fsp3) is 0.619. The summed E-state index contributed by atoms with van der Waals surface area (Å²) in [5.41, 5.74) is 1.49. The van der Waals surface area contributed by atoms with Gasteiger partial charge in [0.05, 0.1) is 13.2 Å². The third-order valence-corrected chi connectivity index (χ3v) is 5.11. The minimum Gasteiger partial charge on any atom is -0.379 e. The van der Waals surface area contributed by atoms with Gasteiger partial charge in [-0.1, -0.05) is 31.5 Å². The second kappa shape index (κ2) is 9.33. The van der Waals surface area contributed by atoms with E-state index in [0.717, 1.165) is 31.9 Å². The Labute approximate surface area is 162 Å². The molecule has 1 saturated heterocycles. The first-order valence-corrected chi connectivity index (χ1v) is 9.69. The Kier molecular flexibility index (Phi) is 7.39. The van der Waals surface area contributed by atoms with Crippen molar-refractivity contribution < 1.29 is 14.3 Å². The molecular formula is C21H33N3O3. The molecule has 0 aliphatic carbocycles. The molecule has 1 aromatic rings. The van der Waals surface area contributed by atoms with Gasteiger partial charge in [0.1, 0.15) is 6.04 Å². The van der Waals surface area contributed by atoms with Gasteiger partial charge in [-0.15, -0.1) is 0 Å². The molecule has 1 aromatic carbocycles. The van der Waals surface area contributed by atoms with Crippen molar-refractivity contribution in [1.29, 1.82) is 0 Å². The molecule has 0 spiro atoms. The highest BCUT2D eigenvalue weighted by atomic mass is 16.5. The van der Waals surface area contributed by atoms with Crippen LogP contribution in [0.4, 0.5) is 0 Å². The largest absolute Gasteiger partial charge is 0.379 e. The molecule has 1 heterocycles. The van der Waals surface area contributed by atoms with Crippen LogP contribution in [-0.2, 0) is 9.53 Å². The van der Waals surface area contributed by atoms with Crippen LogP contribution < -0.4 is 10.6 Å². The Bertz CT molecular complexity index is 635. The van der Waals surface area contributed by atoms with Crippen LogP contribution in [0.2, 0.25) is 0 Å². The van der Waals surface area contributed by atoms with Crippen molar-refractivity contribution in [1.82, 2.24) is 15.5 Å². The van der Waals surface area contributed by atoms with E-state index in [2.05, 4.69) is 29.4 Å². The Balaban J connectivity index is 1.95. The third-order valence-electron chi connectivity index (χ3n) is 5.11. The van der Waals surface area contributed by atoms with Crippen LogP contribution in [0, 0.1) is 12.8 Å². The van der Waals surface area contributed by atoms with E-state index in [1.807, 2.05) is 32.9 Å². The van der Waals surface area contributed by atoms with Crippen LogP contribution in [0.5, 0.6) is 0 Å². The van der Waals surface area contributed by atoms with Crippen LogP contribution >= 0.6 is 0 Å². The highest BCUT2D eigenvalue weighted by Crippen LogP contribution is 2.15.